The molecule has 0 bridgehead atoms. The summed E-state index contributed by atoms with van der Waals surface area (Å²) in [6.07, 6.45) is 2.26. The largest absolute Gasteiger partial charge is 0.490 e. The first kappa shape index (κ1) is 15.5. The fraction of sp³-hybridized carbons (Fsp3) is 0.846. The first-order chi connectivity index (χ1) is 9.18. The summed E-state index contributed by atoms with van der Waals surface area (Å²) in [5.41, 5.74) is 0.135. The van der Waals surface area contributed by atoms with Crippen LogP contribution < -0.4 is 0 Å². The molecule has 1 fully saturated rings. The molecule has 112 valence electrons. The maximum Gasteiger partial charge on any atom is 0.490 e. The topological polar surface area (TPSA) is 70.8 Å². The lowest BCUT2D eigenvalue weighted by atomic mass is 9.71. The second kappa shape index (κ2) is 5.13. The van der Waals surface area contributed by atoms with Gasteiger partial charge in [0.25, 0.3) is 0 Å². The SMILES string of the molecule is COC1CC(B2OC(C)(C)C(C)(C)O2)=CCC1[N+](=O)[O-]. The van der Waals surface area contributed by atoms with E-state index in [1.807, 2.05) is 33.8 Å². The summed E-state index contributed by atoms with van der Waals surface area (Å²) in [6, 6.07) is -0.689. The van der Waals surface area contributed by atoms with Gasteiger partial charge in [0.15, 0.2) is 0 Å². The molecule has 0 amide bonds. The molecule has 1 aliphatic carbocycles. The van der Waals surface area contributed by atoms with Gasteiger partial charge in [-0.1, -0.05) is 6.08 Å². The van der Waals surface area contributed by atoms with Crippen LogP contribution in [0.2, 0.25) is 0 Å². The molecule has 20 heavy (non-hydrogen) atoms. The van der Waals surface area contributed by atoms with Crippen LogP contribution in [0.15, 0.2) is 11.5 Å². The zero-order valence-electron chi connectivity index (χ0n) is 12.7. The molecule has 2 aliphatic rings. The molecule has 0 radical (unpaired) electrons. The van der Waals surface area contributed by atoms with Gasteiger partial charge in [-0.15, -0.1) is 0 Å². The normalized spacial score (nSPS) is 32.0. The van der Waals surface area contributed by atoms with Crippen LogP contribution in [0.3, 0.4) is 0 Å². The second-order valence-corrected chi connectivity index (χ2v) is 6.43. The first-order valence-electron chi connectivity index (χ1n) is 6.89. The Morgan fingerprint density at radius 3 is 2.35 bits per heavy atom. The van der Waals surface area contributed by atoms with E-state index in [4.69, 9.17) is 14.0 Å². The molecule has 0 aromatic rings. The Morgan fingerprint density at radius 2 is 1.90 bits per heavy atom. The molecule has 6 nitrogen and oxygen atoms in total. The van der Waals surface area contributed by atoms with E-state index in [-0.39, 0.29) is 4.92 Å². The number of nitro groups is 1. The van der Waals surface area contributed by atoms with Crippen LogP contribution in [0.25, 0.3) is 0 Å². The van der Waals surface area contributed by atoms with E-state index in [1.165, 1.54) is 7.11 Å². The third-order valence-corrected chi connectivity index (χ3v) is 4.62. The predicted octanol–water partition coefficient (Wildman–Crippen LogP) is 2.00. The zero-order chi connectivity index (χ0) is 15.1. The average molecular weight is 283 g/mol. The molecule has 1 heterocycles. The maximum absolute atomic E-state index is 11.0. The highest BCUT2D eigenvalue weighted by Crippen LogP contribution is 2.40. The molecule has 2 rings (SSSR count). The van der Waals surface area contributed by atoms with Crippen molar-refractivity contribution >= 4 is 7.12 Å². The van der Waals surface area contributed by atoms with Crippen molar-refractivity contribution < 1.29 is 19.0 Å². The third-order valence-electron chi connectivity index (χ3n) is 4.62. The second-order valence-electron chi connectivity index (χ2n) is 6.43. The van der Waals surface area contributed by atoms with Crippen molar-refractivity contribution in [1.82, 2.24) is 0 Å². The van der Waals surface area contributed by atoms with Gasteiger partial charge in [-0.05, 0) is 39.6 Å². The highest BCUT2D eigenvalue weighted by Gasteiger charge is 2.53. The highest BCUT2D eigenvalue weighted by molar-refractivity contribution is 6.54. The van der Waals surface area contributed by atoms with Gasteiger partial charge < -0.3 is 14.0 Å². The van der Waals surface area contributed by atoms with Crippen LogP contribution in [0.1, 0.15) is 40.5 Å². The molecular weight excluding hydrogens is 261 g/mol. The fourth-order valence-electron chi connectivity index (χ4n) is 2.52. The Labute approximate surface area is 119 Å². The Morgan fingerprint density at radius 1 is 1.35 bits per heavy atom. The van der Waals surface area contributed by atoms with Crippen molar-refractivity contribution in [1.29, 1.82) is 0 Å². The van der Waals surface area contributed by atoms with Gasteiger partial charge in [0.1, 0.15) is 6.10 Å². The van der Waals surface area contributed by atoms with Crippen molar-refractivity contribution in [3.63, 3.8) is 0 Å². The highest BCUT2D eigenvalue weighted by atomic mass is 16.7. The number of nitrogens with zero attached hydrogens (tertiary/aromatic N) is 1. The lowest BCUT2D eigenvalue weighted by Crippen LogP contribution is -2.41. The Bertz CT molecular complexity index is 418. The minimum Gasteiger partial charge on any atom is -0.400 e. The summed E-state index contributed by atoms with van der Waals surface area (Å²) in [7, 11) is 1.07. The van der Waals surface area contributed by atoms with Crippen molar-refractivity contribution in [2.45, 2.75) is 63.9 Å². The van der Waals surface area contributed by atoms with E-state index in [0.717, 1.165) is 5.47 Å². The molecule has 2 atom stereocenters. The predicted molar refractivity (Wildman–Crippen MR) is 75.0 cm³/mol. The van der Waals surface area contributed by atoms with Crippen LogP contribution in [-0.2, 0) is 14.0 Å². The Hall–Kier alpha value is -0.915. The number of hydrogen-bond acceptors (Lipinski definition) is 5. The smallest absolute Gasteiger partial charge is 0.400 e. The molecule has 0 N–H and O–H groups in total. The molecule has 0 saturated carbocycles. The molecule has 7 heteroatoms. The van der Waals surface area contributed by atoms with Crippen LogP contribution in [0, 0.1) is 10.1 Å². The van der Waals surface area contributed by atoms with Gasteiger partial charge in [-0.25, -0.2) is 0 Å². The Balaban J connectivity index is 2.14. The standard InChI is InChI=1S/C13H22BNO5/c1-12(2)13(3,4)20-14(19-12)9-6-7-10(15(16)17)11(8-9)18-5/h6,10-11H,7-8H2,1-5H3. The molecule has 2 unspecified atom stereocenters. The minimum atomic E-state index is -0.689. The van der Waals surface area contributed by atoms with Crippen molar-refractivity contribution in [2.24, 2.45) is 0 Å². The lowest BCUT2D eigenvalue weighted by Gasteiger charge is -2.32. The van der Waals surface area contributed by atoms with Crippen LogP contribution in [0.5, 0.6) is 0 Å². The van der Waals surface area contributed by atoms with Crippen LogP contribution in [-0.4, -0.2) is 42.5 Å². The third kappa shape index (κ3) is 2.62. The maximum atomic E-state index is 11.0. The number of rotatable bonds is 3. The monoisotopic (exact) mass is 283 g/mol. The number of hydrogen-bond donors (Lipinski definition) is 0. The Kier molecular flexibility index (Phi) is 3.97. The summed E-state index contributed by atoms with van der Waals surface area (Å²) in [4.78, 5) is 10.7. The van der Waals surface area contributed by atoms with Gasteiger partial charge in [-0.3, -0.25) is 10.1 Å². The van der Waals surface area contributed by atoms with E-state index in [2.05, 4.69) is 0 Å². The molecule has 0 spiro atoms. The van der Waals surface area contributed by atoms with Crippen molar-refractivity contribution in [2.75, 3.05) is 7.11 Å². The summed E-state index contributed by atoms with van der Waals surface area (Å²) < 4.78 is 17.2. The average Bonchev–Trinajstić information content (AvgIpc) is 2.57. The van der Waals surface area contributed by atoms with Crippen molar-refractivity contribution in [3.05, 3.63) is 21.7 Å². The van der Waals surface area contributed by atoms with Gasteiger partial charge in [0.2, 0.25) is 6.04 Å². The van der Waals surface area contributed by atoms with Gasteiger partial charge in [0.05, 0.1) is 11.2 Å². The number of methoxy groups -OCH3 is 1. The lowest BCUT2D eigenvalue weighted by molar-refractivity contribution is -0.534. The van der Waals surface area contributed by atoms with E-state index in [9.17, 15) is 10.1 Å². The van der Waals surface area contributed by atoms with E-state index >= 15 is 0 Å². The molecular formula is C13H22BNO5. The summed E-state index contributed by atoms with van der Waals surface area (Å²) in [5, 5.41) is 11.0. The van der Waals surface area contributed by atoms with Gasteiger partial charge in [-0.2, -0.15) is 0 Å². The fourth-order valence-corrected chi connectivity index (χ4v) is 2.52. The molecule has 1 saturated heterocycles. The molecule has 0 aromatic carbocycles. The van der Waals surface area contributed by atoms with E-state index in [1.54, 1.807) is 0 Å². The van der Waals surface area contributed by atoms with E-state index in [0.29, 0.717) is 12.8 Å². The van der Waals surface area contributed by atoms with Crippen LogP contribution >= 0.6 is 0 Å². The first-order valence-corrected chi connectivity index (χ1v) is 6.89. The molecule has 0 aromatic heterocycles. The summed E-state index contributed by atoms with van der Waals surface area (Å²) >= 11 is 0. The van der Waals surface area contributed by atoms with Crippen molar-refractivity contribution in [3.8, 4) is 0 Å². The summed E-state index contributed by atoms with van der Waals surface area (Å²) in [5.74, 6) is 0. The zero-order valence-corrected chi connectivity index (χ0v) is 12.7. The van der Waals surface area contributed by atoms with E-state index < -0.39 is 30.5 Å². The van der Waals surface area contributed by atoms with Gasteiger partial charge in [0, 0.05) is 18.5 Å². The van der Waals surface area contributed by atoms with Gasteiger partial charge >= 0.3 is 7.12 Å². The number of ether oxygens (including phenoxy) is 1. The van der Waals surface area contributed by atoms with Crippen LogP contribution in [0.4, 0.5) is 0 Å². The summed E-state index contributed by atoms with van der Waals surface area (Å²) in [6.45, 7) is 7.96. The molecule has 1 aliphatic heterocycles. The quantitative estimate of drug-likeness (QED) is 0.450. The minimum absolute atomic E-state index is 0.272.